The number of hydrogen-bond acceptors (Lipinski definition) is 5. The van der Waals surface area contributed by atoms with Crippen LogP contribution in [-0.4, -0.2) is 27.5 Å². The smallest absolute Gasteiger partial charge is 0.337 e. The molecule has 0 saturated carbocycles. The second-order valence-electron chi connectivity index (χ2n) is 5.18. The van der Waals surface area contributed by atoms with E-state index < -0.39 is 5.91 Å². The summed E-state index contributed by atoms with van der Waals surface area (Å²) in [5.41, 5.74) is 0.678. The fourth-order valence-corrected chi connectivity index (χ4v) is 2.55. The van der Waals surface area contributed by atoms with Gasteiger partial charge in [0.25, 0.3) is 11.3 Å². The van der Waals surface area contributed by atoms with E-state index in [0.29, 0.717) is 17.3 Å². The van der Waals surface area contributed by atoms with E-state index in [-0.39, 0.29) is 24.5 Å². The Kier molecular flexibility index (Phi) is 4.48. The minimum Gasteiger partial charge on any atom is -0.481 e. The Hall–Kier alpha value is -3.60. The summed E-state index contributed by atoms with van der Waals surface area (Å²) in [5.74, 6) is -0.0543. The number of amides is 1. The van der Waals surface area contributed by atoms with Crippen molar-refractivity contribution in [1.82, 2.24) is 9.38 Å². The summed E-state index contributed by atoms with van der Waals surface area (Å²) in [6.07, 6.45) is 1.89. The van der Waals surface area contributed by atoms with Gasteiger partial charge in [-0.3, -0.25) is 4.79 Å². The predicted molar refractivity (Wildman–Crippen MR) is 88.2 cm³/mol. The van der Waals surface area contributed by atoms with Crippen LogP contribution in [0.15, 0.2) is 42.6 Å². The molecule has 2 N–H and O–H groups in total. The number of rotatable bonds is 5. The number of anilines is 1. The van der Waals surface area contributed by atoms with Gasteiger partial charge < -0.3 is 15.2 Å². The molecule has 0 aliphatic heterocycles. The number of imidazole rings is 1. The Balaban J connectivity index is 2.01. The summed E-state index contributed by atoms with van der Waals surface area (Å²) < 4.78 is 8.13. The maximum absolute atomic E-state index is 12.7. The van der Waals surface area contributed by atoms with Crippen LogP contribution in [0.4, 0.5) is 5.82 Å². The molecule has 25 heavy (non-hydrogen) atoms. The molecule has 3 heterocycles. The standard InChI is InChI=1S/C17H15N5O3/c1-25-13-7-4-6-12(19-13)20-16(23)15-17(24)22(11-5-9-18)14-8-2-3-10-21(14)15/h2-4,6-8,10H,5,11H2,1H3,(H-,19,20,23,24)/p+1. The largest absolute Gasteiger partial charge is 0.481 e. The van der Waals surface area contributed by atoms with Crippen molar-refractivity contribution in [3.8, 4) is 17.8 Å². The first-order chi connectivity index (χ1) is 12.2. The predicted octanol–water partition coefficient (Wildman–Crippen LogP) is 1.50. The van der Waals surface area contributed by atoms with Crippen LogP contribution in [0.25, 0.3) is 5.65 Å². The van der Waals surface area contributed by atoms with Crippen molar-refractivity contribution in [3.63, 3.8) is 0 Å². The number of aryl methyl sites for hydroxylation is 1. The molecule has 3 rings (SSSR count). The van der Waals surface area contributed by atoms with Gasteiger partial charge >= 0.3 is 11.8 Å². The third kappa shape index (κ3) is 3.07. The average Bonchev–Trinajstić information content (AvgIpc) is 2.91. The van der Waals surface area contributed by atoms with Crippen LogP contribution in [0.1, 0.15) is 16.9 Å². The van der Waals surface area contributed by atoms with Gasteiger partial charge in [0, 0.05) is 12.1 Å². The number of ether oxygens (including phenoxy) is 1. The molecule has 0 saturated heterocycles. The molecule has 0 radical (unpaired) electrons. The molecule has 0 atom stereocenters. The summed E-state index contributed by atoms with van der Waals surface area (Å²) in [6, 6.07) is 12.3. The number of nitrogens with zero attached hydrogens (tertiary/aromatic N) is 4. The highest BCUT2D eigenvalue weighted by atomic mass is 16.5. The molecule has 8 heteroatoms. The molecular weight excluding hydrogens is 322 g/mol. The molecule has 3 aromatic rings. The number of pyridine rings is 2. The van der Waals surface area contributed by atoms with Gasteiger partial charge in [0.05, 0.1) is 25.8 Å². The van der Waals surface area contributed by atoms with E-state index in [9.17, 15) is 9.90 Å². The third-order valence-corrected chi connectivity index (χ3v) is 3.66. The van der Waals surface area contributed by atoms with E-state index in [1.165, 1.54) is 11.7 Å². The van der Waals surface area contributed by atoms with Crippen molar-refractivity contribution in [2.24, 2.45) is 0 Å². The molecule has 0 aromatic carbocycles. The molecule has 0 aliphatic rings. The van der Waals surface area contributed by atoms with Gasteiger partial charge in [0.2, 0.25) is 5.88 Å². The SMILES string of the molecule is COc1cccc(NC(=O)c2c(O)[n+](CCC#N)c3ccccn23)n1. The Morgan fingerprint density at radius 2 is 2.24 bits per heavy atom. The highest BCUT2D eigenvalue weighted by molar-refractivity contribution is 6.04. The highest BCUT2D eigenvalue weighted by Gasteiger charge is 2.30. The molecule has 3 aromatic heterocycles. The Morgan fingerprint density at radius 3 is 3.00 bits per heavy atom. The minimum absolute atomic E-state index is 0.0677. The molecule has 0 bridgehead atoms. The maximum atomic E-state index is 12.7. The zero-order valence-electron chi connectivity index (χ0n) is 13.5. The quantitative estimate of drug-likeness (QED) is 0.686. The Bertz CT molecular complexity index is 974. The lowest BCUT2D eigenvalue weighted by atomic mass is 10.3. The first kappa shape index (κ1) is 16.3. The number of aromatic nitrogens is 3. The number of hydrogen-bond donors (Lipinski definition) is 2. The lowest BCUT2D eigenvalue weighted by Crippen LogP contribution is -2.33. The van der Waals surface area contributed by atoms with E-state index in [1.54, 1.807) is 47.0 Å². The molecule has 0 spiro atoms. The number of aromatic hydroxyl groups is 1. The molecule has 8 nitrogen and oxygen atoms in total. The summed E-state index contributed by atoms with van der Waals surface area (Å²) in [4.78, 5) is 16.8. The van der Waals surface area contributed by atoms with E-state index in [1.807, 2.05) is 6.07 Å². The summed E-state index contributed by atoms with van der Waals surface area (Å²) in [7, 11) is 1.48. The van der Waals surface area contributed by atoms with E-state index in [0.717, 1.165) is 0 Å². The fourth-order valence-electron chi connectivity index (χ4n) is 2.55. The van der Waals surface area contributed by atoms with E-state index in [4.69, 9.17) is 10.00 Å². The van der Waals surface area contributed by atoms with Crippen LogP contribution >= 0.6 is 0 Å². The zero-order chi connectivity index (χ0) is 17.8. The number of nitriles is 1. The van der Waals surface area contributed by atoms with Crippen LogP contribution in [-0.2, 0) is 6.54 Å². The topological polar surface area (TPSA) is 104 Å². The number of nitrogens with one attached hydrogen (secondary N) is 1. The van der Waals surface area contributed by atoms with Crippen molar-refractivity contribution in [2.45, 2.75) is 13.0 Å². The summed E-state index contributed by atoms with van der Waals surface area (Å²) in [6.45, 7) is 0.278. The number of carbonyl (C=O) groups is 1. The van der Waals surface area contributed by atoms with Crippen molar-refractivity contribution >= 4 is 17.4 Å². The fraction of sp³-hybridized carbons (Fsp3) is 0.176. The van der Waals surface area contributed by atoms with E-state index in [2.05, 4.69) is 10.3 Å². The minimum atomic E-state index is -0.518. The molecule has 0 unspecified atom stereocenters. The van der Waals surface area contributed by atoms with Gasteiger partial charge in [-0.05, 0) is 12.1 Å². The number of methoxy groups -OCH3 is 1. The lowest BCUT2D eigenvalue weighted by Gasteiger charge is -2.04. The van der Waals surface area contributed by atoms with Crippen LogP contribution in [0, 0.1) is 11.3 Å². The number of fused-ring (bicyclic) bond motifs is 1. The first-order valence-corrected chi connectivity index (χ1v) is 7.57. The third-order valence-electron chi connectivity index (χ3n) is 3.66. The van der Waals surface area contributed by atoms with E-state index >= 15 is 0 Å². The molecule has 1 amide bonds. The second kappa shape index (κ2) is 6.88. The van der Waals surface area contributed by atoms with Crippen molar-refractivity contribution in [2.75, 3.05) is 12.4 Å². The maximum Gasteiger partial charge on any atom is 0.337 e. The molecule has 0 fully saturated rings. The van der Waals surface area contributed by atoms with Crippen LogP contribution in [0.5, 0.6) is 11.8 Å². The monoisotopic (exact) mass is 338 g/mol. The zero-order valence-corrected chi connectivity index (χ0v) is 13.5. The van der Waals surface area contributed by atoms with Crippen LogP contribution in [0.2, 0.25) is 0 Å². The average molecular weight is 338 g/mol. The van der Waals surface area contributed by atoms with Crippen molar-refractivity contribution < 1.29 is 19.2 Å². The highest BCUT2D eigenvalue weighted by Crippen LogP contribution is 2.19. The van der Waals surface area contributed by atoms with Gasteiger partial charge in [-0.1, -0.05) is 12.1 Å². The number of carbonyl (C=O) groups excluding carboxylic acids is 1. The van der Waals surface area contributed by atoms with Crippen molar-refractivity contribution in [3.05, 3.63) is 48.3 Å². The molecule has 126 valence electrons. The first-order valence-electron chi connectivity index (χ1n) is 7.57. The Morgan fingerprint density at radius 1 is 1.40 bits per heavy atom. The van der Waals surface area contributed by atoms with Crippen LogP contribution < -0.4 is 14.6 Å². The van der Waals surface area contributed by atoms with Gasteiger partial charge in [0.15, 0.2) is 0 Å². The van der Waals surface area contributed by atoms with Crippen molar-refractivity contribution in [1.29, 1.82) is 5.26 Å². The molecule has 0 aliphatic carbocycles. The molecular formula is C17H16N5O3+. The normalized spacial score (nSPS) is 10.4. The van der Waals surface area contributed by atoms with Gasteiger partial charge in [-0.15, -0.1) is 0 Å². The van der Waals surface area contributed by atoms with Gasteiger partial charge in [-0.25, -0.2) is 0 Å². The lowest BCUT2D eigenvalue weighted by molar-refractivity contribution is -0.675. The Labute approximate surface area is 143 Å². The van der Waals surface area contributed by atoms with Gasteiger partial charge in [0.1, 0.15) is 12.4 Å². The second-order valence-corrected chi connectivity index (χ2v) is 5.18. The summed E-state index contributed by atoms with van der Waals surface area (Å²) >= 11 is 0. The van der Waals surface area contributed by atoms with Crippen LogP contribution in [0.3, 0.4) is 0 Å². The summed E-state index contributed by atoms with van der Waals surface area (Å²) in [5, 5.41) is 22.0. The van der Waals surface area contributed by atoms with Gasteiger partial charge in [-0.2, -0.15) is 19.2 Å².